The molecule has 1 heterocycles. The molecule has 1 N–H and O–H groups in total. The minimum absolute atomic E-state index is 0.934. The Hall–Kier alpha value is -1.19. The number of aryl methyl sites for hydroxylation is 2. The molecule has 2 nitrogen and oxygen atoms in total. The Morgan fingerprint density at radius 2 is 1.89 bits per heavy atom. The molecule has 18 heavy (non-hydrogen) atoms. The van der Waals surface area contributed by atoms with Crippen molar-refractivity contribution in [2.24, 2.45) is 0 Å². The summed E-state index contributed by atoms with van der Waals surface area (Å²) in [6, 6.07) is 8.61. The van der Waals surface area contributed by atoms with Crippen molar-refractivity contribution >= 4 is 11.3 Å². The third kappa shape index (κ3) is 2.98. The van der Waals surface area contributed by atoms with E-state index in [2.05, 4.69) is 50.4 Å². The van der Waals surface area contributed by atoms with Crippen molar-refractivity contribution in [2.75, 3.05) is 6.54 Å². The lowest BCUT2D eigenvalue weighted by molar-refractivity contribution is 0.727. The van der Waals surface area contributed by atoms with Crippen LogP contribution >= 0.6 is 11.3 Å². The molecule has 0 radical (unpaired) electrons. The lowest BCUT2D eigenvalue weighted by atomic mass is 10.2. The van der Waals surface area contributed by atoms with Crippen LogP contribution in [0.4, 0.5) is 0 Å². The van der Waals surface area contributed by atoms with Crippen LogP contribution in [-0.2, 0) is 13.0 Å². The van der Waals surface area contributed by atoms with E-state index in [9.17, 15) is 0 Å². The van der Waals surface area contributed by atoms with E-state index in [-0.39, 0.29) is 0 Å². The predicted octanol–water partition coefficient (Wildman–Crippen LogP) is 3.79. The Kier molecular flexibility index (Phi) is 4.50. The maximum Gasteiger partial charge on any atom is 0.123 e. The Labute approximate surface area is 113 Å². The molecule has 96 valence electrons. The van der Waals surface area contributed by atoms with Gasteiger partial charge in [0, 0.05) is 17.0 Å². The van der Waals surface area contributed by atoms with E-state index in [1.165, 1.54) is 21.7 Å². The summed E-state index contributed by atoms with van der Waals surface area (Å²) in [5, 5.41) is 4.52. The fraction of sp³-hybridized carbons (Fsp3) is 0.400. The van der Waals surface area contributed by atoms with Crippen LogP contribution in [0, 0.1) is 6.92 Å². The van der Waals surface area contributed by atoms with Gasteiger partial charge in [0.05, 0.1) is 5.69 Å². The van der Waals surface area contributed by atoms with Crippen molar-refractivity contribution in [1.82, 2.24) is 10.3 Å². The average Bonchev–Trinajstić information content (AvgIpc) is 2.80. The van der Waals surface area contributed by atoms with Gasteiger partial charge in [-0.2, -0.15) is 0 Å². The van der Waals surface area contributed by atoms with Gasteiger partial charge in [0.25, 0.3) is 0 Å². The first-order valence-corrected chi connectivity index (χ1v) is 7.32. The highest BCUT2D eigenvalue weighted by atomic mass is 32.1. The summed E-state index contributed by atoms with van der Waals surface area (Å²) in [5.41, 5.74) is 3.75. The van der Waals surface area contributed by atoms with Gasteiger partial charge in [-0.15, -0.1) is 11.3 Å². The molecule has 0 aliphatic heterocycles. The van der Waals surface area contributed by atoms with E-state index < -0.39 is 0 Å². The van der Waals surface area contributed by atoms with Crippen molar-refractivity contribution < 1.29 is 0 Å². The maximum atomic E-state index is 4.76. The van der Waals surface area contributed by atoms with E-state index >= 15 is 0 Å². The summed E-state index contributed by atoms with van der Waals surface area (Å²) in [6.45, 7) is 8.35. The average molecular weight is 260 g/mol. The summed E-state index contributed by atoms with van der Waals surface area (Å²) in [5.74, 6) is 0. The number of rotatable bonds is 5. The van der Waals surface area contributed by atoms with E-state index in [1.54, 1.807) is 0 Å². The van der Waals surface area contributed by atoms with Gasteiger partial charge in [-0.1, -0.05) is 43.7 Å². The number of nitrogens with one attached hydrogen (secondary N) is 1. The Balaban J connectivity index is 2.28. The molecule has 2 rings (SSSR count). The molecule has 3 heteroatoms. The zero-order valence-electron chi connectivity index (χ0n) is 11.3. The van der Waals surface area contributed by atoms with Gasteiger partial charge < -0.3 is 5.32 Å². The molecule has 0 bridgehead atoms. The van der Waals surface area contributed by atoms with Crippen LogP contribution in [-0.4, -0.2) is 11.5 Å². The number of benzene rings is 1. The van der Waals surface area contributed by atoms with Crippen molar-refractivity contribution in [3.05, 3.63) is 40.4 Å². The third-order valence-corrected chi connectivity index (χ3v) is 4.09. The predicted molar refractivity (Wildman–Crippen MR) is 79.0 cm³/mol. The molecule has 1 aromatic carbocycles. The van der Waals surface area contributed by atoms with Crippen molar-refractivity contribution in [2.45, 2.75) is 33.7 Å². The van der Waals surface area contributed by atoms with E-state index in [4.69, 9.17) is 4.98 Å². The molecule has 0 fully saturated rings. The SMILES string of the molecule is CCNCc1sc(-c2ccc(C)cc2)nc1CC. The largest absolute Gasteiger partial charge is 0.312 e. The highest BCUT2D eigenvalue weighted by molar-refractivity contribution is 7.15. The topological polar surface area (TPSA) is 24.9 Å². The lowest BCUT2D eigenvalue weighted by Crippen LogP contribution is -2.11. The Bertz CT molecular complexity index is 500. The summed E-state index contributed by atoms with van der Waals surface area (Å²) in [6.07, 6.45) is 1.00. The summed E-state index contributed by atoms with van der Waals surface area (Å²) in [4.78, 5) is 6.13. The van der Waals surface area contributed by atoms with Crippen LogP contribution in [0.3, 0.4) is 0 Å². The van der Waals surface area contributed by atoms with Crippen LogP contribution in [0.5, 0.6) is 0 Å². The standard InChI is InChI=1S/C15H20N2S/c1-4-13-14(10-16-5-2)18-15(17-13)12-8-6-11(3)7-9-12/h6-9,16H,4-5,10H2,1-3H3. The first-order chi connectivity index (χ1) is 8.74. The lowest BCUT2D eigenvalue weighted by Gasteiger charge is -1.99. The second-order valence-corrected chi connectivity index (χ2v) is 5.47. The van der Waals surface area contributed by atoms with Gasteiger partial charge in [0.2, 0.25) is 0 Å². The first-order valence-electron chi connectivity index (χ1n) is 6.51. The number of aromatic nitrogens is 1. The monoisotopic (exact) mass is 260 g/mol. The number of thiazole rings is 1. The van der Waals surface area contributed by atoms with Gasteiger partial charge in [-0.3, -0.25) is 0 Å². The maximum absolute atomic E-state index is 4.76. The third-order valence-electron chi connectivity index (χ3n) is 2.95. The van der Waals surface area contributed by atoms with Gasteiger partial charge >= 0.3 is 0 Å². The van der Waals surface area contributed by atoms with Crippen molar-refractivity contribution in [3.63, 3.8) is 0 Å². The van der Waals surface area contributed by atoms with E-state index in [1.807, 2.05) is 11.3 Å². The minimum atomic E-state index is 0.934. The second kappa shape index (κ2) is 6.12. The zero-order chi connectivity index (χ0) is 13.0. The Morgan fingerprint density at radius 1 is 1.17 bits per heavy atom. The van der Waals surface area contributed by atoms with E-state index in [0.29, 0.717) is 0 Å². The molecular weight excluding hydrogens is 240 g/mol. The summed E-state index contributed by atoms with van der Waals surface area (Å²) in [7, 11) is 0. The van der Waals surface area contributed by atoms with Crippen LogP contribution in [0.15, 0.2) is 24.3 Å². The molecule has 1 aromatic heterocycles. The molecule has 0 atom stereocenters. The van der Waals surface area contributed by atoms with Gasteiger partial charge in [-0.05, 0) is 19.9 Å². The van der Waals surface area contributed by atoms with Crippen LogP contribution in [0.2, 0.25) is 0 Å². The van der Waals surface area contributed by atoms with E-state index in [0.717, 1.165) is 24.5 Å². The molecule has 0 aliphatic rings. The van der Waals surface area contributed by atoms with Crippen LogP contribution in [0.25, 0.3) is 10.6 Å². The highest BCUT2D eigenvalue weighted by Gasteiger charge is 2.10. The fourth-order valence-corrected chi connectivity index (χ4v) is 2.98. The number of hydrogen-bond donors (Lipinski definition) is 1. The van der Waals surface area contributed by atoms with Gasteiger partial charge in [0.1, 0.15) is 5.01 Å². The van der Waals surface area contributed by atoms with Crippen LogP contribution < -0.4 is 5.32 Å². The van der Waals surface area contributed by atoms with Crippen molar-refractivity contribution in [3.8, 4) is 10.6 Å². The number of nitrogens with zero attached hydrogens (tertiary/aromatic N) is 1. The molecule has 2 aromatic rings. The molecule has 0 amide bonds. The van der Waals surface area contributed by atoms with Gasteiger partial charge in [-0.25, -0.2) is 4.98 Å². The molecule has 0 spiro atoms. The minimum Gasteiger partial charge on any atom is -0.312 e. The molecule has 0 aliphatic carbocycles. The summed E-state index contributed by atoms with van der Waals surface area (Å²) >= 11 is 1.81. The zero-order valence-corrected chi connectivity index (χ0v) is 12.1. The molecule has 0 unspecified atom stereocenters. The quantitative estimate of drug-likeness (QED) is 0.884. The molecule has 0 saturated heterocycles. The second-order valence-electron chi connectivity index (χ2n) is 4.39. The normalized spacial score (nSPS) is 10.8. The van der Waals surface area contributed by atoms with Gasteiger partial charge in [0.15, 0.2) is 0 Å². The fourth-order valence-electron chi connectivity index (χ4n) is 1.86. The molecular formula is C15H20N2S. The smallest absolute Gasteiger partial charge is 0.123 e. The van der Waals surface area contributed by atoms with Crippen LogP contribution in [0.1, 0.15) is 30.0 Å². The number of hydrogen-bond acceptors (Lipinski definition) is 3. The highest BCUT2D eigenvalue weighted by Crippen LogP contribution is 2.28. The first kappa shape index (κ1) is 13.2. The summed E-state index contributed by atoms with van der Waals surface area (Å²) < 4.78 is 0. The van der Waals surface area contributed by atoms with Crippen molar-refractivity contribution in [1.29, 1.82) is 0 Å². The Morgan fingerprint density at radius 3 is 2.50 bits per heavy atom. The molecule has 0 saturated carbocycles.